The summed E-state index contributed by atoms with van der Waals surface area (Å²) in [6.45, 7) is 13.4. The Morgan fingerprint density at radius 3 is 2.33 bits per heavy atom. The third kappa shape index (κ3) is 4.47. The van der Waals surface area contributed by atoms with E-state index in [9.17, 15) is 9.59 Å². The SMILES string of the molecule is CCOC(=O)C(C)=C=C[C@@H]1[C@@H](C(=O)OC(C)(C)C)C1(C)C. The van der Waals surface area contributed by atoms with Crippen LogP contribution >= 0.6 is 0 Å². The number of esters is 2. The Balaban J connectivity index is 2.80. The van der Waals surface area contributed by atoms with Crippen molar-refractivity contribution in [3.8, 4) is 0 Å². The lowest BCUT2D eigenvalue weighted by atomic mass is 10.1. The van der Waals surface area contributed by atoms with Crippen LogP contribution < -0.4 is 0 Å². The van der Waals surface area contributed by atoms with E-state index >= 15 is 0 Å². The van der Waals surface area contributed by atoms with Gasteiger partial charge in [0.25, 0.3) is 0 Å². The molecule has 0 spiro atoms. The molecule has 0 aromatic carbocycles. The Morgan fingerprint density at radius 1 is 1.29 bits per heavy atom. The van der Waals surface area contributed by atoms with Gasteiger partial charge in [-0.25, -0.2) is 4.79 Å². The van der Waals surface area contributed by atoms with Crippen molar-refractivity contribution in [1.82, 2.24) is 0 Å². The van der Waals surface area contributed by atoms with Gasteiger partial charge in [0.05, 0.1) is 18.1 Å². The summed E-state index contributed by atoms with van der Waals surface area (Å²) in [5, 5.41) is 0. The van der Waals surface area contributed by atoms with Gasteiger partial charge >= 0.3 is 11.9 Å². The first-order valence-electron chi connectivity index (χ1n) is 7.34. The fraction of sp³-hybridized carbons (Fsp3) is 0.706. The molecule has 0 aromatic heterocycles. The minimum atomic E-state index is -0.485. The molecule has 4 heteroatoms. The highest BCUT2D eigenvalue weighted by Crippen LogP contribution is 2.59. The first-order chi connectivity index (χ1) is 9.50. The molecule has 0 aromatic rings. The summed E-state index contributed by atoms with van der Waals surface area (Å²) >= 11 is 0. The molecule has 4 nitrogen and oxygen atoms in total. The van der Waals surface area contributed by atoms with E-state index < -0.39 is 5.60 Å². The summed E-state index contributed by atoms with van der Waals surface area (Å²) in [5.74, 6) is -0.707. The minimum Gasteiger partial charge on any atom is -0.462 e. The summed E-state index contributed by atoms with van der Waals surface area (Å²) in [4.78, 5) is 23.7. The number of ether oxygens (including phenoxy) is 2. The zero-order valence-electron chi connectivity index (χ0n) is 14.1. The molecule has 0 saturated heterocycles. The zero-order chi connectivity index (χ0) is 16.4. The quantitative estimate of drug-likeness (QED) is 0.453. The molecule has 0 bridgehead atoms. The summed E-state index contributed by atoms with van der Waals surface area (Å²) < 4.78 is 10.3. The standard InChI is InChI=1S/C17H26O4/c1-8-20-14(18)11(2)9-10-12-13(17(12,6)7)15(19)21-16(3,4)5/h10,12-13H,8H2,1-7H3/t9?,12-,13+/m1/s1. The largest absolute Gasteiger partial charge is 0.462 e. The van der Waals surface area contributed by atoms with E-state index in [2.05, 4.69) is 5.73 Å². The fourth-order valence-electron chi connectivity index (χ4n) is 2.32. The maximum absolute atomic E-state index is 12.2. The first-order valence-corrected chi connectivity index (χ1v) is 7.34. The highest BCUT2D eigenvalue weighted by atomic mass is 16.6. The number of hydrogen-bond acceptors (Lipinski definition) is 4. The summed E-state index contributed by atoms with van der Waals surface area (Å²) in [7, 11) is 0. The lowest BCUT2D eigenvalue weighted by Crippen LogP contribution is -2.26. The third-order valence-electron chi connectivity index (χ3n) is 3.63. The van der Waals surface area contributed by atoms with E-state index in [0.717, 1.165) is 0 Å². The van der Waals surface area contributed by atoms with Crippen molar-refractivity contribution in [3.05, 3.63) is 17.4 Å². The van der Waals surface area contributed by atoms with Gasteiger partial charge in [-0.1, -0.05) is 13.8 Å². The van der Waals surface area contributed by atoms with Crippen LogP contribution in [0.15, 0.2) is 17.4 Å². The van der Waals surface area contributed by atoms with Gasteiger partial charge in [0.15, 0.2) is 0 Å². The number of carbonyl (C=O) groups excluding carboxylic acids is 2. The Labute approximate surface area is 127 Å². The van der Waals surface area contributed by atoms with Gasteiger partial charge < -0.3 is 9.47 Å². The Kier molecular flexibility index (Phi) is 5.06. The molecule has 118 valence electrons. The van der Waals surface area contributed by atoms with E-state index in [1.165, 1.54) is 0 Å². The monoisotopic (exact) mass is 294 g/mol. The van der Waals surface area contributed by atoms with E-state index in [1.54, 1.807) is 19.9 Å². The van der Waals surface area contributed by atoms with Crippen LogP contribution in [0.4, 0.5) is 0 Å². The second kappa shape index (κ2) is 6.07. The smallest absolute Gasteiger partial charge is 0.341 e. The average molecular weight is 294 g/mol. The van der Waals surface area contributed by atoms with Gasteiger partial charge in [-0.2, -0.15) is 0 Å². The van der Waals surface area contributed by atoms with E-state index in [0.29, 0.717) is 12.2 Å². The normalized spacial score (nSPS) is 22.8. The van der Waals surface area contributed by atoms with Crippen molar-refractivity contribution >= 4 is 11.9 Å². The Morgan fingerprint density at radius 2 is 1.86 bits per heavy atom. The molecule has 0 unspecified atom stereocenters. The fourth-order valence-corrected chi connectivity index (χ4v) is 2.32. The van der Waals surface area contributed by atoms with Crippen molar-refractivity contribution in [2.45, 2.75) is 54.1 Å². The zero-order valence-corrected chi connectivity index (χ0v) is 14.1. The highest BCUT2D eigenvalue weighted by Gasteiger charge is 2.61. The molecule has 1 saturated carbocycles. The molecule has 2 atom stereocenters. The summed E-state index contributed by atoms with van der Waals surface area (Å²) in [5.41, 5.74) is 2.71. The minimum absolute atomic E-state index is 0.0386. The molecule has 0 amide bonds. The third-order valence-corrected chi connectivity index (χ3v) is 3.63. The van der Waals surface area contributed by atoms with Crippen LogP contribution in [0.5, 0.6) is 0 Å². The van der Waals surface area contributed by atoms with Crippen LogP contribution in [0.1, 0.15) is 48.5 Å². The van der Waals surface area contributed by atoms with Crippen LogP contribution in [-0.4, -0.2) is 24.1 Å². The second-order valence-corrected chi connectivity index (χ2v) is 7.01. The van der Waals surface area contributed by atoms with Crippen molar-refractivity contribution in [1.29, 1.82) is 0 Å². The van der Waals surface area contributed by atoms with Gasteiger partial charge in [-0.3, -0.25) is 4.79 Å². The Bertz CT molecular complexity index is 487. The molecule has 1 rings (SSSR count). The molecule has 21 heavy (non-hydrogen) atoms. The lowest BCUT2D eigenvalue weighted by molar-refractivity contribution is -0.157. The predicted molar refractivity (Wildman–Crippen MR) is 80.5 cm³/mol. The summed E-state index contributed by atoms with van der Waals surface area (Å²) in [6, 6.07) is 0. The van der Waals surface area contributed by atoms with Crippen LogP contribution in [0.3, 0.4) is 0 Å². The maximum Gasteiger partial charge on any atom is 0.341 e. The van der Waals surface area contributed by atoms with E-state index in [1.807, 2.05) is 34.6 Å². The molecule has 0 aliphatic heterocycles. The maximum atomic E-state index is 12.2. The molecule has 1 aliphatic rings. The van der Waals surface area contributed by atoms with Crippen LogP contribution in [0.25, 0.3) is 0 Å². The molecular formula is C17H26O4. The second-order valence-electron chi connectivity index (χ2n) is 7.01. The number of hydrogen-bond donors (Lipinski definition) is 0. The molecule has 0 radical (unpaired) electrons. The van der Waals surface area contributed by atoms with Gasteiger partial charge in [0, 0.05) is 5.92 Å². The van der Waals surface area contributed by atoms with E-state index in [-0.39, 0.29) is 29.2 Å². The van der Waals surface area contributed by atoms with Gasteiger partial charge in [-0.15, -0.1) is 5.73 Å². The number of carbonyl (C=O) groups is 2. The average Bonchev–Trinajstić information content (AvgIpc) is 2.86. The first kappa shape index (κ1) is 17.5. The van der Waals surface area contributed by atoms with Gasteiger partial charge in [0.1, 0.15) is 5.60 Å². The molecular weight excluding hydrogens is 268 g/mol. The molecule has 0 N–H and O–H groups in total. The summed E-state index contributed by atoms with van der Waals surface area (Å²) in [6.07, 6.45) is 1.79. The van der Waals surface area contributed by atoms with Gasteiger partial charge in [-0.05, 0) is 46.1 Å². The van der Waals surface area contributed by atoms with Crippen LogP contribution in [0.2, 0.25) is 0 Å². The topological polar surface area (TPSA) is 52.6 Å². The highest BCUT2D eigenvalue weighted by molar-refractivity contribution is 5.87. The van der Waals surface area contributed by atoms with Crippen molar-refractivity contribution in [2.24, 2.45) is 17.3 Å². The van der Waals surface area contributed by atoms with Crippen molar-refractivity contribution in [2.75, 3.05) is 6.61 Å². The van der Waals surface area contributed by atoms with Crippen LogP contribution in [0, 0.1) is 17.3 Å². The molecule has 1 fully saturated rings. The predicted octanol–water partition coefficient (Wildman–Crippen LogP) is 3.26. The van der Waals surface area contributed by atoms with E-state index in [4.69, 9.17) is 9.47 Å². The number of rotatable bonds is 4. The van der Waals surface area contributed by atoms with Crippen LogP contribution in [-0.2, 0) is 19.1 Å². The van der Waals surface area contributed by atoms with Crippen molar-refractivity contribution < 1.29 is 19.1 Å². The lowest BCUT2D eigenvalue weighted by Gasteiger charge is -2.19. The Hall–Kier alpha value is -1.54. The van der Waals surface area contributed by atoms with Gasteiger partial charge in [0.2, 0.25) is 0 Å². The van der Waals surface area contributed by atoms with Crippen molar-refractivity contribution in [3.63, 3.8) is 0 Å². The molecule has 1 aliphatic carbocycles. The molecule has 0 heterocycles.